The van der Waals surface area contributed by atoms with Gasteiger partial charge in [-0.2, -0.15) is 0 Å². The van der Waals surface area contributed by atoms with Crippen molar-refractivity contribution in [3.05, 3.63) is 60.7 Å². The Morgan fingerprint density at radius 1 is 0.667 bits per heavy atom. The van der Waals surface area contributed by atoms with Crippen LogP contribution in [0.5, 0.6) is 0 Å². The summed E-state index contributed by atoms with van der Waals surface area (Å²) in [6, 6.07) is 22.0. The van der Waals surface area contributed by atoms with E-state index in [2.05, 4.69) is 116 Å². The number of benzene rings is 2. The molecule has 0 aliphatic carbocycles. The Kier molecular flexibility index (Phi) is 9.33. The van der Waals surface area contributed by atoms with Gasteiger partial charge in [0.1, 0.15) is 0 Å². The molecule has 1 nitrogen and oxygen atoms in total. The van der Waals surface area contributed by atoms with E-state index in [0.29, 0.717) is 8.49 Å². The zero-order valence-corrected chi connectivity index (χ0v) is 24.7. The molecule has 0 unspecified atom stereocenters. The van der Waals surface area contributed by atoms with Gasteiger partial charge >= 0.3 is 196 Å². The molecule has 2 radical (unpaired) electrons. The van der Waals surface area contributed by atoms with Crippen LogP contribution in [0.3, 0.4) is 0 Å². The van der Waals surface area contributed by atoms with Crippen LogP contribution in [0.25, 0.3) is 0 Å². The molecule has 0 bridgehead atoms. The van der Waals surface area contributed by atoms with E-state index in [4.69, 9.17) is 3.76 Å². The van der Waals surface area contributed by atoms with Crippen LogP contribution in [0.4, 0.5) is 0 Å². The molecule has 0 fully saturated rings. The first kappa shape index (κ1) is 25.7. The normalized spacial score (nSPS) is 13.3. The van der Waals surface area contributed by atoms with Crippen molar-refractivity contribution in [1.82, 2.24) is 0 Å². The topological polar surface area (TPSA) is 9.23 Å². The van der Waals surface area contributed by atoms with Crippen molar-refractivity contribution in [1.29, 1.82) is 0 Å². The first-order valence-electron chi connectivity index (χ1n) is 11.6. The van der Waals surface area contributed by atoms with Crippen LogP contribution in [0.1, 0.15) is 74.7 Å². The Labute approximate surface area is 195 Å². The van der Waals surface area contributed by atoms with Crippen molar-refractivity contribution in [2.45, 2.75) is 94.0 Å². The molecule has 0 aliphatic heterocycles. The van der Waals surface area contributed by atoms with E-state index in [-0.39, 0.29) is 5.60 Å². The zero-order chi connectivity index (χ0) is 22.4. The van der Waals surface area contributed by atoms with Gasteiger partial charge in [-0.05, 0) is 0 Å². The van der Waals surface area contributed by atoms with E-state index >= 15 is 0 Å². The number of hydrogen-bond donors (Lipinski definition) is 0. The third kappa shape index (κ3) is 7.00. The van der Waals surface area contributed by atoms with E-state index in [0.717, 1.165) is 12.8 Å². The third-order valence-corrected chi connectivity index (χ3v) is 20.4. The van der Waals surface area contributed by atoms with Crippen LogP contribution in [-0.4, -0.2) is 34.6 Å². The summed E-state index contributed by atoms with van der Waals surface area (Å²) in [4.78, 5) is 0. The summed E-state index contributed by atoms with van der Waals surface area (Å²) in [5, 5.41) is 1.38. The van der Waals surface area contributed by atoms with Crippen molar-refractivity contribution in [3.8, 4) is 0 Å². The minimum atomic E-state index is -2.08. The SMILES string of the molecule is CCC(CC)(C[CH2][Ge]([C](C)(C)C)[C](C)(C)C)[O][Ge]([c]1ccccc1)[c]1ccccc1. The summed E-state index contributed by atoms with van der Waals surface area (Å²) in [6.45, 7) is 19.5. The zero-order valence-electron chi connectivity index (χ0n) is 20.5. The van der Waals surface area contributed by atoms with Crippen molar-refractivity contribution >= 4 is 37.8 Å². The molecule has 2 aromatic carbocycles. The van der Waals surface area contributed by atoms with Gasteiger partial charge in [-0.25, -0.2) is 0 Å². The van der Waals surface area contributed by atoms with Crippen molar-refractivity contribution in [2.75, 3.05) is 0 Å². The molecule has 0 amide bonds. The van der Waals surface area contributed by atoms with Crippen molar-refractivity contribution < 1.29 is 3.76 Å². The second-order valence-electron chi connectivity index (χ2n) is 10.5. The standard InChI is InChI=1S/C27H42Ge2O/c1-9-27(10-2,21-22-28(25(3,4)5)26(6,7)8)30-29(23-17-13-11-14-18-23)24-19-15-12-16-20-24/h11-20H,9-10,21-22H2,1-8H3. The first-order chi connectivity index (χ1) is 14.0. The summed E-state index contributed by atoms with van der Waals surface area (Å²) >= 11 is -3.41. The van der Waals surface area contributed by atoms with Gasteiger partial charge in [0.15, 0.2) is 0 Å². The van der Waals surface area contributed by atoms with Gasteiger partial charge in [-0.1, -0.05) is 0 Å². The monoisotopic (exact) mass is 530 g/mol. The quantitative estimate of drug-likeness (QED) is 0.324. The maximum absolute atomic E-state index is 7.28. The molecule has 0 saturated carbocycles. The minimum absolute atomic E-state index is 0.00420. The fraction of sp³-hybridized carbons (Fsp3) is 0.556. The maximum atomic E-state index is 7.28. The summed E-state index contributed by atoms with van der Waals surface area (Å²) in [7, 11) is 0. The molecule has 3 heteroatoms. The summed E-state index contributed by atoms with van der Waals surface area (Å²) in [5.74, 6) is 0. The Morgan fingerprint density at radius 2 is 1.07 bits per heavy atom. The van der Waals surface area contributed by atoms with E-state index < -0.39 is 29.0 Å². The Balaban J connectivity index is 2.34. The molecule has 2 aromatic rings. The van der Waals surface area contributed by atoms with Gasteiger partial charge in [-0.3, -0.25) is 0 Å². The van der Waals surface area contributed by atoms with Crippen LogP contribution in [0.15, 0.2) is 60.7 Å². The Morgan fingerprint density at radius 3 is 1.40 bits per heavy atom. The van der Waals surface area contributed by atoms with Gasteiger partial charge in [-0.15, -0.1) is 0 Å². The second-order valence-corrected chi connectivity index (χ2v) is 24.1. The number of rotatable bonds is 9. The number of hydrogen-bond acceptors (Lipinski definition) is 1. The molecule has 164 valence electrons. The van der Waals surface area contributed by atoms with Crippen LogP contribution >= 0.6 is 0 Å². The molecular formula is C27H42Ge2O. The van der Waals surface area contributed by atoms with E-state index in [1.165, 1.54) is 20.5 Å². The molecule has 0 spiro atoms. The predicted octanol–water partition coefficient (Wildman–Crippen LogP) is 6.85. The summed E-state index contributed by atoms with van der Waals surface area (Å²) < 4.78 is 11.0. The third-order valence-electron chi connectivity index (χ3n) is 6.32. The van der Waals surface area contributed by atoms with Crippen LogP contribution in [-0.2, 0) is 3.76 Å². The fourth-order valence-corrected chi connectivity index (χ4v) is 19.1. The molecule has 0 aliphatic rings. The van der Waals surface area contributed by atoms with Gasteiger partial charge in [0.25, 0.3) is 0 Å². The molecular weight excluding hydrogens is 486 g/mol. The summed E-state index contributed by atoms with van der Waals surface area (Å²) in [6.07, 6.45) is 3.40. The second kappa shape index (κ2) is 10.9. The predicted molar refractivity (Wildman–Crippen MR) is 137 cm³/mol. The van der Waals surface area contributed by atoms with E-state index in [1.807, 2.05) is 0 Å². The average molecular weight is 528 g/mol. The molecule has 0 saturated heterocycles. The van der Waals surface area contributed by atoms with Crippen LogP contribution < -0.4 is 8.79 Å². The van der Waals surface area contributed by atoms with E-state index in [9.17, 15) is 0 Å². The van der Waals surface area contributed by atoms with Crippen molar-refractivity contribution in [2.24, 2.45) is 0 Å². The molecule has 30 heavy (non-hydrogen) atoms. The molecule has 0 aromatic heterocycles. The van der Waals surface area contributed by atoms with Gasteiger partial charge in [0.2, 0.25) is 0 Å². The molecule has 0 atom stereocenters. The van der Waals surface area contributed by atoms with Gasteiger partial charge in [0.05, 0.1) is 0 Å². The van der Waals surface area contributed by atoms with E-state index in [1.54, 1.807) is 0 Å². The summed E-state index contributed by atoms with van der Waals surface area (Å²) in [5.41, 5.74) is -0.00420. The first-order valence-corrected chi connectivity index (χ1v) is 18.1. The van der Waals surface area contributed by atoms with Crippen molar-refractivity contribution in [3.63, 3.8) is 0 Å². The van der Waals surface area contributed by atoms with Crippen LogP contribution in [0, 0.1) is 0 Å². The molecule has 0 heterocycles. The average Bonchev–Trinajstić information content (AvgIpc) is 2.70. The fourth-order valence-electron chi connectivity index (χ4n) is 4.71. The van der Waals surface area contributed by atoms with Crippen LogP contribution in [0.2, 0.25) is 13.7 Å². The van der Waals surface area contributed by atoms with Gasteiger partial charge in [0, 0.05) is 0 Å². The Hall–Kier alpha value is -0.514. The molecule has 0 N–H and O–H groups in total. The van der Waals surface area contributed by atoms with Gasteiger partial charge < -0.3 is 0 Å². The molecule has 2 rings (SSSR count). The Bertz CT molecular complexity index is 686.